The van der Waals surface area contributed by atoms with Crippen LogP contribution in [-0.4, -0.2) is 39.6 Å². The summed E-state index contributed by atoms with van der Waals surface area (Å²) in [5.41, 5.74) is 15.8. The molecule has 1 aliphatic heterocycles. The number of hydrogen-bond acceptors (Lipinski definition) is 6. The molecule has 2 aromatic heterocycles. The SMILES string of the molecule is C=C([NH-])NC1COC1.CC.CC(=O)Cc1cccc(Oc2ccc3nc([NH-])cn3n2)c1.[CH3-].[U].[V+2]. The van der Waals surface area contributed by atoms with Crippen LogP contribution in [0.5, 0.6) is 11.6 Å². The van der Waals surface area contributed by atoms with Gasteiger partial charge in [0.25, 0.3) is 0 Å². The van der Waals surface area contributed by atoms with Gasteiger partial charge in [0.15, 0.2) is 0 Å². The molecule has 1 fully saturated rings. The number of carbonyl (C=O) groups is 1. The first kappa shape index (κ1) is 34.2. The average Bonchev–Trinajstić information content (AvgIpc) is 3.06. The Morgan fingerprint density at radius 3 is 2.50 bits per heavy atom. The Morgan fingerprint density at radius 1 is 1.29 bits per heavy atom. The quantitative estimate of drug-likeness (QED) is 0.344. The number of rotatable bonds is 6. The van der Waals surface area contributed by atoms with Crippen molar-refractivity contribution in [3.8, 4) is 11.6 Å². The molecule has 0 spiro atoms. The second-order valence-corrected chi connectivity index (χ2v) is 6.59. The summed E-state index contributed by atoms with van der Waals surface area (Å²) in [5, 5.41) is 7.05. The Kier molecular flexibility index (Phi) is 17.6. The van der Waals surface area contributed by atoms with E-state index in [4.69, 9.17) is 20.9 Å². The Hall–Kier alpha value is -1.95. The Bertz CT molecular complexity index is 1030. The number of fused-ring (bicyclic) bond motifs is 1. The van der Waals surface area contributed by atoms with E-state index >= 15 is 0 Å². The molecule has 1 saturated heterocycles. The van der Waals surface area contributed by atoms with Crippen molar-refractivity contribution < 1.29 is 63.9 Å². The van der Waals surface area contributed by atoms with Gasteiger partial charge < -0.3 is 38.7 Å². The number of benzene rings is 1. The van der Waals surface area contributed by atoms with Crippen LogP contribution in [0.4, 0.5) is 5.82 Å². The molecule has 3 N–H and O–H groups in total. The first-order valence-electron chi connectivity index (χ1n) is 9.98. The molecule has 1 radical (unpaired) electrons. The van der Waals surface area contributed by atoms with Gasteiger partial charge in [0.05, 0.1) is 18.9 Å². The maximum atomic E-state index is 11.2. The van der Waals surface area contributed by atoms with Gasteiger partial charge in [0.2, 0.25) is 5.88 Å². The van der Waals surface area contributed by atoms with Gasteiger partial charge in [-0.15, -0.1) is 11.7 Å². The predicted octanol–water partition coefficient (Wildman–Crippen LogP) is 5.31. The number of hydrogen-bond donors (Lipinski definition) is 1. The molecule has 9 nitrogen and oxygen atoms in total. The number of nitrogens with zero attached hydrogens (tertiary/aromatic N) is 3. The fourth-order valence-corrected chi connectivity index (χ4v) is 2.61. The second kappa shape index (κ2) is 17.5. The van der Waals surface area contributed by atoms with Crippen LogP contribution >= 0.6 is 0 Å². The Morgan fingerprint density at radius 2 is 1.97 bits per heavy atom. The molecule has 0 atom stereocenters. The number of aromatic nitrogens is 3. The molecule has 0 aliphatic carbocycles. The minimum atomic E-state index is 0. The van der Waals surface area contributed by atoms with E-state index in [-0.39, 0.29) is 74.5 Å². The van der Waals surface area contributed by atoms with Crippen LogP contribution < -0.4 is 10.1 Å². The molecule has 3 heterocycles. The molecular weight excluding hydrogens is 697 g/mol. The van der Waals surface area contributed by atoms with E-state index < -0.39 is 0 Å². The number of Topliss-reactive ketones (excluding diaryl/α,β-unsaturated/α-hetero) is 1. The third-order valence-electron chi connectivity index (χ3n) is 3.89. The fraction of sp³-hybridized carbons (Fsp3) is 0.304. The van der Waals surface area contributed by atoms with Crippen molar-refractivity contribution in [2.75, 3.05) is 13.2 Å². The van der Waals surface area contributed by atoms with Gasteiger partial charge in [0, 0.05) is 55.8 Å². The summed E-state index contributed by atoms with van der Waals surface area (Å²) in [7, 11) is 0. The van der Waals surface area contributed by atoms with E-state index in [9.17, 15) is 4.79 Å². The summed E-state index contributed by atoms with van der Waals surface area (Å²) in [6.07, 6.45) is 1.89. The van der Waals surface area contributed by atoms with Gasteiger partial charge in [-0.1, -0.05) is 31.8 Å². The summed E-state index contributed by atoms with van der Waals surface area (Å²) in [6, 6.07) is 11.1. The van der Waals surface area contributed by atoms with Crippen molar-refractivity contribution in [3.05, 3.63) is 79.5 Å². The minimum Gasteiger partial charge on any atom is -0.483 e. The molecule has 1 aliphatic rings. The van der Waals surface area contributed by atoms with E-state index in [1.807, 2.05) is 32.0 Å². The van der Waals surface area contributed by atoms with E-state index in [0.29, 0.717) is 29.7 Å². The summed E-state index contributed by atoms with van der Waals surface area (Å²) in [5.74, 6) is 1.56. The number of nitrogens with one attached hydrogen (secondary N) is 3. The summed E-state index contributed by atoms with van der Waals surface area (Å²) >= 11 is 0. The molecule has 0 amide bonds. The third kappa shape index (κ3) is 11.5. The van der Waals surface area contributed by atoms with Crippen LogP contribution in [0, 0.1) is 38.5 Å². The van der Waals surface area contributed by atoms with E-state index in [1.54, 1.807) is 25.1 Å². The van der Waals surface area contributed by atoms with Gasteiger partial charge in [-0.3, -0.25) is 4.79 Å². The first-order valence-corrected chi connectivity index (χ1v) is 9.98. The van der Waals surface area contributed by atoms with E-state index in [1.165, 1.54) is 10.7 Å². The van der Waals surface area contributed by atoms with Crippen LogP contribution in [-0.2, 0) is 34.5 Å². The molecule has 3 aromatic rings. The van der Waals surface area contributed by atoms with E-state index in [2.05, 4.69) is 22.0 Å². The Labute approximate surface area is 237 Å². The van der Waals surface area contributed by atoms with Crippen molar-refractivity contribution in [2.45, 2.75) is 33.2 Å². The monoisotopic (exact) mass is 728 g/mol. The van der Waals surface area contributed by atoms with Crippen molar-refractivity contribution in [1.82, 2.24) is 19.9 Å². The smallest absolute Gasteiger partial charge is 0.483 e. The summed E-state index contributed by atoms with van der Waals surface area (Å²) in [4.78, 5) is 15.1. The molecule has 0 unspecified atom stereocenters. The zero-order valence-electron chi connectivity index (χ0n) is 20.0. The van der Waals surface area contributed by atoms with Gasteiger partial charge in [-0.2, -0.15) is 0 Å². The van der Waals surface area contributed by atoms with Crippen molar-refractivity contribution in [3.63, 3.8) is 0 Å². The van der Waals surface area contributed by atoms with Crippen molar-refractivity contribution in [1.29, 1.82) is 0 Å². The Balaban J connectivity index is 0. The summed E-state index contributed by atoms with van der Waals surface area (Å²) in [6.45, 7) is 10.4. The number of ketones is 1. The largest absolute Gasteiger partial charge is 2.00 e. The van der Waals surface area contributed by atoms with Crippen molar-refractivity contribution in [2.24, 2.45) is 0 Å². The third-order valence-corrected chi connectivity index (χ3v) is 3.89. The molecule has 181 valence electrons. The maximum Gasteiger partial charge on any atom is 2.00 e. The van der Waals surface area contributed by atoms with E-state index in [0.717, 1.165) is 18.8 Å². The van der Waals surface area contributed by atoms with Gasteiger partial charge in [0.1, 0.15) is 11.5 Å². The molecule has 1 aromatic carbocycles. The van der Waals surface area contributed by atoms with Gasteiger partial charge in [-0.25, -0.2) is 4.52 Å². The molecule has 0 bridgehead atoms. The first-order chi connectivity index (χ1) is 14.9. The predicted molar refractivity (Wildman–Crippen MR) is 127 cm³/mol. The average molecular weight is 729 g/mol. The van der Waals surface area contributed by atoms with Crippen LogP contribution in [0.2, 0.25) is 0 Å². The summed E-state index contributed by atoms with van der Waals surface area (Å²) < 4.78 is 12.0. The van der Waals surface area contributed by atoms with Crippen LogP contribution in [0.25, 0.3) is 17.1 Å². The van der Waals surface area contributed by atoms with Crippen LogP contribution in [0.15, 0.2) is 55.0 Å². The van der Waals surface area contributed by atoms with Crippen LogP contribution in [0.3, 0.4) is 0 Å². The standard InChI is InChI=1S/C15H13N4O2.C5H9N2O.C2H6.CH3.U.V/c1-10(20)7-11-3-2-4-12(8-11)21-15-6-5-14-17-13(16)9-19(14)18-15;1-4(6)7-5-2-8-3-5;1-2;;;/h2-6,8-9,16H,7H2,1H3;5-7H,1-3H2;1-2H3;1H3;;/q2*-1;;-1;;+2. The topological polar surface area (TPSA) is 125 Å². The molecule has 0 saturated carbocycles. The minimum absolute atomic E-state index is 0. The van der Waals surface area contributed by atoms with Crippen molar-refractivity contribution >= 4 is 17.2 Å². The fourth-order valence-electron chi connectivity index (χ4n) is 2.61. The van der Waals surface area contributed by atoms with Crippen LogP contribution in [0.1, 0.15) is 26.3 Å². The molecule has 11 heteroatoms. The van der Waals surface area contributed by atoms with Gasteiger partial charge in [-0.05, 0) is 36.5 Å². The number of carbonyl (C=O) groups excluding carboxylic acids is 1. The zero-order valence-corrected chi connectivity index (χ0v) is 25.5. The maximum absolute atomic E-state index is 11.2. The normalized spacial score (nSPS) is 11.4. The second-order valence-electron chi connectivity index (χ2n) is 6.59. The number of ether oxygens (including phenoxy) is 2. The molecular formula is C23H31N6O3UV-. The molecule has 4 rings (SSSR count). The number of imidazole rings is 1. The zero-order chi connectivity index (χ0) is 22.8. The molecule has 34 heavy (non-hydrogen) atoms. The van der Waals surface area contributed by atoms with Gasteiger partial charge >= 0.3 is 18.6 Å².